The Balaban J connectivity index is 2.28. The monoisotopic (exact) mass is 204 g/mol. The highest BCUT2D eigenvalue weighted by molar-refractivity contribution is 6.19. The molecule has 5 heteroatoms. The summed E-state index contributed by atoms with van der Waals surface area (Å²) in [5.41, 5.74) is 0. The largest absolute Gasteiger partial charge is 0.462 e. The van der Waals surface area contributed by atoms with Crippen LogP contribution in [-0.4, -0.2) is 30.5 Å². The number of hydrogen-bond acceptors (Lipinski definition) is 4. The first kappa shape index (κ1) is 10.1. The summed E-state index contributed by atoms with van der Waals surface area (Å²) >= 11 is 5.31. The molecule has 1 saturated heterocycles. The lowest BCUT2D eigenvalue weighted by Crippen LogP contribution is -2.16. The van der Waals surface area contributed by atoms with Crippen molar-refractivity contribution in [1.82, 2.24) is 0 Å². The fraction of sp³-hybridized carbons (Fsp3) is 0.500. The molecule has 13 heavy (non-hydrogen) atoms. The van der Waals surface area contributed by atoms with E-state index in [0.717, 1.165) is 0 Å². The zero-order chi connectivity index (χ0) is 9.68. The van der Waals surface area contributed by atoms with Gasteiger partial charge in [0.1, 0.15) is 12.7 Å². The molecule has 72 valence electrons. The summed E-state index contributed by atoms with van der Waals surface area (Å²) in [6, 6.07) is 0. The van der Waals surface area contributed by atoms with E-state index in [0.29, 0.717) is 0 Å². The molecule has 0 amide bonds. The Morgan fingerprint density at radius 2 is 2.54 bits per heavy atom. The quantitative estimate of drug-likeness (QED) is 0.385. The molecule has 0 bridgehead atoms. The molecule has 0 radical (unpaired) electrons. The van der Waals surface area contributed by atoms with Crippen molar-refractivity contribution in [1.29, 1.82) is 0 Å². The van der Waals surface area contributed by atoms with Gasteiger partial charge in [-0.05, 0) is 0 Å². The van der Waals surface area contributed by atoms with Crippen molar-refractivity contribution >= 4 is 23.5 Å². The van der Waals surface area contributed by atoms with Gasteiger partial charge in [-0.25, -0.2) is 4.79 Å². The van der Waals surface area contributed by atoms with Crippen LogP contribution in [0.3, 0.4) is 0 Å². The van der Waals surface area contributed by atoms with Crippen molar-refractivity contribution in [3.63, 3.8) is 0 Å². The number of carbonyl (C=O) groups excluding carboxylic acids is 2. The van der Waals surface area contributed by atoms with Gasteiger partial charge in [0.2, 0.25) is 0 Å². The molecule has 1 aliphatic heterocycles. The second kappa shape index (κ2) is 4.87. The summed E-state index contributed by atoms with van der Waals surface area (Å²) < 4.78 is 9.46. The SMILES string of the molecule is O=C(C=CCCl)O[C@@H]1COC(=O)C1. The van der Waals surface area contributed by atoms with Crippen LogP contribution in [-0.2, 0) is 19.1 Å². The van der Waals surface area contributed by atoms with Crippen molar-refractivity contribution in [3.05, 3.63) is 12.2 Å². The number of cyclic esters (lactones) is 1. The van der Waals surface area contributed by atoms with Gasteiger partial charge >= 0.3 is 11.9 Å². The highest BCUT2D eigenvalue weighted by Crippen LogP contribution is 2.09. The topological polar surface area (TPSA) is 52.6 Å². The molecule has 4 nitrogen and oxygen atoms in total. The third-order valence-electron chi connectivity index (χ3n) is 1.45. The molecular weight excluding hydrogens is 196 g/mol. The summed E-state index contributed by atoms with van der Waals surface area (Å²) in [6.45, 7) is 0.152. The van der Waals surface area contributed by atoms with E-state index in [2.05, 4.69) is 4.74 Å². The van der Waals surface area contributed by atoms with E-state index in [4.69, 9.17) is 16.3 Å². The average Bonchev–Trinajstić information content (AvgIpc) is 2.48. The molecule has 0 aliphatic carbocycles. The Morgan fingerprint density at radius 3 is 3.08 bits per heavy atom. The maximum Gasteiger partial charge on any atom is 0.330 e. The van der Waals surface area contributed by atoms with E-state index in [1.807, 2.05) is 0 Å². The van der Waals surface area contributed by atoms with Crippen LogP contribution in [0.2, 0.25) is 0 Å². The standard InChI is InChI=1S/C8H9ClO4/c9-3-1-2-7(10)13-6-4-8(11)12-5-6/h1-2,6H,3-5H2/t6-/m0/s1. The normalized spacial score (nSPS) is 21.9. The Morgan fingerprint density at radius 1 is 1.77 bits per heavy atom. The Labute approximate surface area is 80.5 Å². The van der Waals surface area contributed by atoms with Crippen LogP contribution < -0.4 is 0 Å². The van der Waals surface area contributed by atoms with Crippen LogP contribution in [0.1, 0.15) is 6.42 Å². The van der Waals surface area contributed by atoms with E-state index >= 15 is 0 Å². The first-order valence-corrected chi connectivity index (χ1v) is 4.34. The number of allylic oxidation sites excluding steroid dienone is 1. The number of hydrogen-bond donors (Lipinski definition) is 0. The van der Waals surface area contributed by atoms with E-state index in [9.17, 15) is 9.59 Å². The minimum absolute atomic E-state index is 0.139. The predicted octanol–water partition coefficient (Wildman–Crippen LogP) is 0.640. The van der Waals surface area contributed by atoms with Crippen molar-refractivity contribution in [2.24, 2.45) is 0 Å². The molecule has 0 saturated carbocycles. The molecule has 0 aromatic rings. The van der Waals surface area contributed by atoms with Crippen LogP contribution in [0.25, 0.3) is 0 Å². The van der Waals surface area contributed by atoms with Crippen molar-refractivity contribution < 1.29 is 19.1 Å². The Kier molecular flexibility index (Phi) is 3.76. The van der Waals surface area contributed by atoms with Gasteiger partial charge in [0, 0.05) is 12.0 Å². The van der Waals surface area contributed by atoms with Gasteiger partial charge in [0.25, 0.3) is 0 Å². The van der Waals surface area contributed by atoms with Crippen LogP contribution in [0.5, 0.6) is 0 Å². The van der Waals surface area contributed by atoms with Gasteiger partial charge < -0.3 is 9.47 Å². The van der Waals surface area contributed by atoms with E-state index < -0.39 is 12.1 Å². The summed E-state index contributed by atoms with van der Waals surface area (Å²) in [5.74, 6) is -0.571. The zero-order valence-corrected chi connectivity index (χ0v) is 7.62. The molecule has 0 N–H and O–H groups in total. The fourth-order valence-corrected chi connectivity index (χ4v) is 0.999. The van der Waals surface area contributed by atoms with E-state index in [1.54, 1.807) is 0 Å². The number of alkyl halides is 1. The second-order valence-corrected chi connectivity index (χ2v) is 2.81. The minimum atomic E-state index is -0.496. The highest BCUT2D eigenvalue weighted by Gasteiger charge is 2.26. The van der Waals surface area contributed by atoms with Crippen molar-refractivity contribution in [3.8, 4) is 0 Å². The molecule has 0 spiro atoms. The summed E-state index contributed by atoms with van der Waals surface area (Å²) in [6.07, 6.45) is 2.40. The van der Waals surface area contributed by atoms with Crippen molar-refractivity contribution in [2.45, 2.75) is 12.5 Å². The van der Waals surface area contributed by atoms with Crippen LogP contribution in [0.15, 0.2) is 12.2 Å². The van der Waals surface area contributed by atoms with Crippen LogP contribution in [0, 0.1) is 0 Å². The molecule has 1 atom stereocenters. The van der Waals surface area contributed by atoms with Gasteiger partial charge in [-0.3, -0.25) is 4.79 Å². The van der Waals surface area contributed by atoms with Gasteiger partial charge in [-0.2, -0.15) is 0 Å². The Hall–Kier alpha value is -1.03. The molecule has 1 fully saturated rings. The number of ether oxygens (including phenoxy) is 2. The van der Waals surface area contributed by atoms with Gasteiger partial charge in [0.05, 0.1) is 6.42 Å². The number of esters is 2. The first-order chi connectivity index (χ1) is 6.22. The lowest BCUT2D eigenvalue weighted by atomic mass is 10.3. The number of halogens is 1. The maximum absolute atomic E-state index is 10.9. The van der Waals surface area contributed by atoms with E-state index in [1.165, 1.54) is 12.2 Å². The molecule has 1 heterocycles. The lowest BCUT2D eigenvalue weighted by Gasteiger charge is -2.05. The summed E-state index contributed by atoms with van der Waals surface area (Å²) in [4.78, 5) is 21.5. The molecular formula is C8H9ClO4. The molecule has 1 aliphatic rings. The van der Waals surface area contributed by atoms with Crippen LogP contribution >= 0.6 is 11.6 Å². The second-order valence-electron chi connectivity index (χ2n) is 2.50. The molecule has 0 aromatic carbocycles. The predicted molar refractivity (Wildman–Crippen MR) is 45.3 cm³/mol. The average molecular weight is 205 g/mol. The van der Waals surface area contributed by atoms with Gasteiger partial charge in [-0.15, -0.1) is 11.6 Å². The van der Waals surface area contributed by atoms with Gasteiger partial charge in [0.15, 0.2) is 0 Å². The third kappa shape index (κ3) is 3.46. The fourth-order valence-electron chi connectivity index (χ4n) is 0.910. The molecule has 0 aromatic heterocycles. The smallest absolute Gasteiger partial charge is 0.330 e. The van der Waals surface area contributed by atoms with E-state index in [-0.39, 0.29) is 24.9 Å². The highest BCUT2D eigenvalue weighted by atomic mass is 35.5. The summed E-state index contributed by atoms with van der Waals surface area (Å²) in [7, 11) is 0. The lowest BCUT2D eigenvalue weighted by molar-refractivity contribution is -0.143. The summed E-state index contributed by atoms with van der Waals surface area (Å²) in [5, 5.41) is 0. The van der Waals surface area contributed by atoms with Crippen molar-refractivity contribution in [2.75, 3.05) is 12.5 Å². The number of rotatable bonds is 3. The first-order valence-electron chi connectivity index (χ1n) is 3.81. The third-order valence-corrected chi connectivity index (χ3v) is 1.63. The van der Waals surface area contributed by atoms with Gasteiger partial charge in [-0.1, -0.05) is 6.08 Å². The molecule has 1 rings (SSSR count). The minimum Gasteiger partial charge on any atom is -0.462 e. The Bertz CT molecular complexity index is 236. The zero-order valence-electron chi connectivity index (χ0n) is 6.86. The molecule has 0 unspecified atom stereocenters. The number of carbonyl (C=O) groups is 2. The maximum atomic E-state index is 10.9. The van der Waals surface area contributed by atoms with Crippen LogP contribution in [0.4, 0.5) is 0 Å².